The summed E-state index contributed by atoms with van der Waals surface area (Å²) in [5.41, 5.74) is -0.879. The molecule has 0 saturated heterocycles. The molecule has 0 aliphatic rings. The van der Waals surface area contributed by atoms with E-state index in [4.69, 9.17) is 32.7 Å². The van der Waals surface area contributed by atoms with Crippen molar-refractivity contribution in [1.82, 2.24) is 0 Å². The van der Waals surface area contributed by atoms with Crippen LogP contribution in [0.2, 0.25) is 10.0 Å². The first-order valence-electron chi connectivity index (χ1n) is 17.1. The third-order valence-corrected chi connectivity index (χ3v) is 12.7. The van der Waals surface area contributed by atoms with Crippen LogP contribution in [-0.2, 0) is 40.5 Å². The van der Waals surface area contributed by atoms with E-state index in [0.717, 1.165) is 36.4 Å². The maximum absolute atomic E-state index is 12.4. The lowest BCUT2D eigenvalue weighted by Gasteiger charge is -2.14. The fraction of sp³-hybridized carbons (Fsp3) is 0.111. The molecule has 326 valence electrons. The molecule has 0 radical (unpaired) electrons. The van der Waals surface area contributed by atoms with Gasteiger partial charge in [0, 0.05) is 23.3 Å². The topological polar surface area (TPSA) is 326 Å². The Balaban J connectivity index is 1.36. The van der Waals surface area contributed by atoms with Gasteiger partial charge in [-0.1, -0.05) is 35.3 Å². The molecule has 0 saturated carbocycles. The maximum Gasteiger partial charge on any atom is 0.296 e. The van der Waals surface area contributed by atoms with Gasteiger partial charge in [0.05, 0.1) is 55.2 Å². The minimum absolute atomic E-state index is 0.000587. The van der Waals surface area contributed by atoms with Gasteiger partial charge in [0.25, 0.3) is 40.5 Å². The first-order valence-corrected chi connectivity index (χ1v) is 23.6. The van der Waals surface area contributed by atoms with E-state index in [1.54, 1.807) is 0 Å². The van der Waals surface area contributed by atoms with E-state index in [2.05, 4.69) is 20.5 Å². The van der Waals surface area contributed by atoms with Crippen LogP contribution in [0.3, 0.4) is 0 Å². The fourth-order valence-corrected chi connectivity index (χ4v) is 8.99. The summed E-state index contributed by atoms with van der Waals surface area (Å²) in [4.78, 5) is -3.31. The van der Waals surface area contributed by atoms with Crippen molar-refractivity contribution >= 4 is 108 Å². The number of hydrogen-bond donors (Lipinski definition) is 6. The predicted octanol–water partition coefficient (Wildman–Crippen LogP) is 8.99. The SMILES string of the molecule is CCOc1cc(S(=O)(=O)O)cc2cc(S(=O)(=O)O)c(N=Nc3ccc(-c4ccc(N=Nc5c(S(=O)(=O)O)cc6cc(S(=O)(=O)O)cc(OCC)c6c5O)cc4Cl)c(Cl)c3)c(O)c12. The Morgan fingerprint density at radius 1 is 0.500 bits per heavy atom. The number of hydrogen-bond acceptors (Lipinski definition) is 16. The molecule has 62 heavy (non-hydrogen) atoms. The molecule has 6 aromatic rings. The molecule has 0 spiro atoms. The molecule has 6 N–H and O–H groups in total. The van der Waals surface area contributed by atoms with Crippen LogP contribution in [0.15, 0.2) is 113 Å². The van der Waals surface area contributed by atoms with Crippen LogP contribution in [-0.4, -0.2) is 75.3 Å². The highest BCUT2D eigenvalue weighted by molar-refractivity contribution is 7.86. The quantitative estimate of drug-likeness (QED) is 0.0464. The van der Waals surface area contributed by atoms with Gasteiger partial charge in [-0.05, 0) is 73.2 Å². The van der Waals surface area contributed by atoms with Crippen LogP contribution in [0.1, 0.15) is 13.8 Å². The van der Waals surface area contributed by atoms with E-state index in [-0.39, 0.29) is 67.7 Å². The number of benzene rings is 6. The summed E-state index contributed by atoms with van der Waals surface area (Å²) in [6, 6.07) is 13.3. The molecule has 20 nitrogen and oxygen atoms in total. The number of nitrogens with zero attached hydrogens (tertiary/aromatic N) is 4. The molecule has 0 unspecified atom stereocenters. The lowest BCUT2D eigenvalue weighted by atomic mass is 10.0. The Kier molecular flexibility index (Phi) is 12.6. The van der Waals surface area contributed by atoms with Crippen molar-refractivity contribution in [2.45, 2.75) is 33.4 Å². The zero-order valence-electron chi connectivity index (χ0n) is 31.3. The van der Waals surface area contributed by atoms with E-state index < -0.39 is 82.9 Å². The van der Waals surface area contributed by atoms with Crippen LogP contribution < -0.4 is 9.47 Å². The van der Waals surface area contributed by atoms with E-state index in [9.17, 15) is 62.1 Å². The first kappa shape index (κ1) is 46.0. The first-order chi connectivity index (χ1) is 28.8. The van der Waals surface area contributed by atoms with Crippen molar-refractivity contribution in [3.63, 3.8) is 0 Å². The fourth-order valence-electron chi connectivity index (χ4n) is 6.05. The number of phenols is 2. The minimum Gasteiger partial charge on any atom is -0.505 e. The number of ether oxygens (including phenoxy) is 2. The molecular weight excluding hydrogens is 944 g/mol. The van der Waals surface area contributed by atoms with E-state index >= 15 is 0 Å². The molecule has 0 atom stereocenters. The number of fused-ring (bicyclic) bond motifs is 2. The third-order valence-electron chi connectivity index (χ3n) is 8.65. The van der Waals surface area contributed by atoms with Crippen molar-refractivity contribution in [2.24, 2.45) is 20.5 Å². The average molecular weight is 972 g/mol. The Labute approximate surface area is 361 Å². The Morgan fingerprint density at radius 3 is 1.15 bits per heavy atom. The van der Waals surface area contributed by atoms with Crippen LogP contribution in [0.25, 0.3) is 32.7 Å². The highest BCUT2D eigenvalue weighted by Gasteiger charge is 2.28. The maximum atomic E-state index is 12.4. The molecule has 0 bridgehead atoms. The van der Waals surface area contributed by atoms with Gasteiger partial charge in [0.15, 0.2) is 11.5 Å². The number of azo groups is 2. The minimum atomic E-state index is -5.14. The summed E-state index contributed by atoms with van der Waals surface area (Å²) in [5.74, 6) is -2.28. The number of halogens is 2. The van der Waals surface area contributed by atoms with Crippen molar-refractivity contribution in [2.75, 3.05) is 13.2 Å². The van der Waals surface area contributed by atoms with Crippen LogP contribution >= 0.6 is 23.2 Å². The molecule has 0 aromatic heterocycles. The Bertz CT molecular complexity index is 3160. The van der Waals surface area contributed by atoms with Gasteiger partial charge in [-0.3, -0.25) is 18.2 Å². The largest absolute Gasteiger partial charge is 0.505 e. The van der Waals surface area contributed by atoms with Gasteiger partial charge in [-0.2, -0.15) is 43.9 Å². The van der Waals surface area contributed by atoms with Crippen LogP contribution in [0, 0.1) is 0 Å². The molecule has 0 fully saturated rings. The standard InChI is InChI=1S/C36H28Cl2N4O16S4/c1-3-57-27-15-21(59(45,46)47)9-17-11-29(61(51,52)53)33(35(43)31(17)27)41-39-19-5-7-23(25(37)13-19)24-8-6-20(14-26(24)38)40-42-34-30(62(54,55)56)12-18-10-22(60(48,49)50)16-28(58-4-2)32(18)36(34)44/h5-16,43-44H,3-4H2,1-2H3,(H,45,46,47)(H,48,49,50)(H,51,52,53)(H,54,55,56). The molecule has 0 aliphatic carbocycles. The average Bonchev–Trinajstić information content (AvgIpc) is 3.15. The van der Waals surface area contributed by atoms with Gasteiger partial charge in [-0.25, -0.2) is 0 Å². The normalized spacial score (nSPS) is 12.8. The van der Waals surface area contributed by atoms with Gasteiger partial charge < -0.3 is 19.7 Å². The number of phenolic OH excluding ortho intramolecular Hbond substituents is 2. The summed E-state index contributed by atoms with van der Waals surface area (Å²) < 4.78 is 147. The third kappa shape index (κ3) is 9.43. The Hall–Kier alpha value is -5.54. The number of aromatic hydroxyl groups is 2. The van der Waals surface area contributed by atoms with Crippen LogP contribution in [0.4, 0.5) is 22.7 Å². The summed E-state index contributed by atoms with van der Waals surface area (Å²) in [5, 5.41) is 37.1. The monoisotopic (exact) mass is 970 g/mol. The molecule has 26 heteroatoms. The summed E-state index contributed by atoms with van der Waals surface area (Å²) in [6.45, 7) is 2.99. The van der Waals surface area contributed by atoms with Gasteiger partial charge in [0.2, 0.25) is 0 Å². The second-order valence-corrected chi connectivity index (χ2v) is 19.1. The lowest BCUT2D eigenvalue weighted by Crippen LogP contribution is -2.03. The summed E-state index contributed by atoms with van der Waals surface area (Å²) >= 11 is 13.1. The van der Waals surface area contributed by atoms with Gasteiger partial charge >= 0.3 is 0 Å². The van der Waals surface area contributed by atoms with E-state index in [0.29, 0.717) is 11.1 Å². The van der Waals surface area contributed by atoms with Crippen LogP contribution in [0.5, 0.6) is 23.0 Å². The van der Waals surface area contributed by atoms with E-state index in [1.165, 1.54) is 50.2 Å². The molecular formula is C36H28Cl2N4O16S4. The molecule has 6 aromatic carbocycles. The zero-order valence-corrected chi connectivity index (χ0v) is 36.1. The van der Waals surface area contributed by atoms with Gasteiger partial charge in [-0.15, -0.1) is 10.2 Å². The Morgan fingerprint density at radius 2 is 0.855 bits per heavy atom. The highest BCUT2D eigenvalue weighted by Crippen LogP contribution is 2.48. The van der Waals surface area contributed by atoms with Crippen molar-refractivity contribution in [3.8, 4) is 34.1 Å². The van der Waals surface area contributed by atoms with Gasteiger partial charge in [0.1, 0.15) is 32.7 Å². The van der Waals surface area contributed by atoms with Crippen molar-refractivity contribution < 1.29 is 71.6 Å². The van der Waals surface area contributed by atoms with Crippen molar-refractivity contribution in [1.29, 1.82) is 0 Å². The lowest BCUT2D eigenvalue weighted by molar-refractivity contribution is 0.341. The zero-order chi connectivity index (χ0) is 45.7. The highest BCUT2D eigenvalue weighted by atomic mass is 35.5. The smallest absolute Gasteiger partial charge is 0.296 e. The second kappa shape index (κ2) is 17.0. The summed E-state index contributed by atoms with van der Waals surface area (Å²) in [7, 11) is -19.9. The van der Waals surface area contributed by atoms with Crippen molar-refractivity contribution in [3.05, 3.63) is 82.8 Å². The molecule has 6 rings (SSSR count). The molecule has 0 amide bonds. The predicted molar refractivity (Wildman–Crippen MR) is 223 cm³/mol. The number of rotatable bonds is 13. The second-order valence-electron chi connectivity index (χ2n) is 12.7. The molecule has 0 heterocycles. The summed E-state index contributed by atoms with van der Waals surface area (Å²) in [6.07, 6.45) is 0. The molecule has 0 aliphatic heterocycles. The van der Waals surface area contributed by atoms with E-state index in [1.807, 2.05) is 0 Å².